The van der Waals surface area contributed by atoms with E-state index in [1.165, 1.54) is 19.2 Å². The summed E-state index contributed by atoms with van der Waals surface area (Å²) in [6.45, 7) is 1.74. The monoisotopic (exact) mass is 268 g/mol. The quantitative estimate of drug-likeness (QED) is 0.400. The largest absolute Gasteiger partial charge is 0.506 e. The fourth-order valence-corrected chi connectivity index (χ4v) is 1.29. The number of benzene rings is 1. The maximum atomic E-state index is 11.7. The number of carbonyl (C=O) groups excluding carboxylic acids is 2. The van der Waals surface area contributed by atoms with E-state index in [0.29, 0.717) is 5.75 Å². The van der Waals surface area contributed by atoms with Crippen molar-refractivity contribution >= 4 is 17.6 Å². The number of phenolic OH excluding ortho intramolecular Hbond substituents is 1. The first-order valence-electron chi connectivity index (χ1n) is 5.59. The normalized spacial score (nSPS) is 11.5. The number of carbonyl (C=O) groups is 2. The molecule has 0 saturated carbocycles. The van der Waals surface area contributed by atoms with E-state index in [-0.39, 0.29) is 18.0 Å². The Hall–Kier alpha value is -2.28. The molecule has 0 fully saturated rings. The number of hydrogen-bond donors (Lipinski definition) is 3. The highest BCUT2D eigenvalue weighted by Crippen LogP contribution is 2.27. The highest BCUT2D eigenvalue weighted by atomic mass is 16.5. The second kappa shape index (κ2) is 6.60. The molecule has 1 aromatic carbocycles. The van der Waals surface area contributed by atoms with E-state index in [4.69, 9.17) is 10.5 Å². The van der Waals surface area contributed by atoms with Gasteiger partial charge in [-0.05, 0) is 19.1 Å². The van der Waals surface area contributed by atoms with Crippen LogP contribution in [0.2, 0.25) is 0 Å². The molecule has 19 heavy (non-hydrogen) atoms. The van der Waals surface area contributed by atoms with Gasteiger partial charge in [0.25, 0.3) is 5.91 Å². The standard InChI is InChI=1S/C12H16N2O5/c1-3-19-12(17)10(13)11(16)14-8-5-4-7(18-2)6-9(8)15/h4-6,10,15H,3,13H2,1-2H3,(H,14,16). The molecule has 0 aromatic heterocycles. The van der Waals surface area contributed by atoms with Crippen molar-refractivity contribution in [2.75, 3.05) is 19.0 Å². The van der Waals surface area contributed by atoms with Crippen molar-refractivity contribution in [1.82, 2.24) is 0 Å². The van der Waals surface area contributed by atoms with Crippen LogP contribution in [-0.2, 0) is 14.3 Å². The molecule has 1 amide bonds. The molecule has 1 atom stereocenters. The minimum Gasteiger partial charge on any atom is -0.506 e. The van der Waals surface area contributed by atoms with Crippen LogP contribution in [0, 0.1) is 0 Å². The van der Waals surface area contributed by atoms with Crippen LogP contribution in [0.5, 0.6) is 11.5 Å². The van der Waals surface area contributed by atoms with Gasteiger partial charge in [-0.3, -0.25) is 4.79 Å². The first-order chi connectivity index (χ1) is 8.99. The predicted molar refractivity (Wildman–Crippen MR) is 67.9 cm³/mol. The summed E-state index contributed by atoms with van der Waals surface area (Å²) in [4.78, 5) is 22.9. The topological polar surface area (TPSA) is 111 Å². The Balaban J connectivity index is 2.74. The lowest BCUT2D eigenvalue weighted by molar-refractivity contribution is -0.146. The molecule has 7 nitrogen and oxygen atoms in total. The first-order valence-corrected chi connectivity index (χ1v) is 5.59. The van der Waals surface area contributed by atoms with E-state index in [1.807, 2.05) is 0 Å². The fourth-order valence-electron chi connectivity index (χ4n) is 1.29. The van der Waals surface area contributed by atoms with Gasteiger partial charge in [0.15, 0.2) is 6.04 Å². The number of esters is 1. The second-order valence-electron chi connectivity index (χ2n) is 3.60. The van der Waals surface area contributed by atoms with Gasteiger partial charge in [-0.1, -0.05) is 0 Å². The summed E-state index contributed by atoms with van der Waals surface area (Å²) in [6, 6.07) is 2.86. The van der Waals surface area contributed by atoms with Gasteiger partial charge in [-0.2, -0.15) is 0 Å². The maximum absolute atomic E-state index is 11.7. The van der Waals surface area contributed by atoms with Crippen LogP contribution in [-0.4, -0.2) is 36.7 Å². The second-order valence-corrected chi connectivity index (χ2v) is 3.60. The van der Waals surface area contributed by atoms with Crippen molar-refractivity contribution < 1.29 is 24.2 Å². The van der Waals surface area contributed by atoms with Gasteiger partial charge >= 0.3 is 5.97 Å². The number of phenols is 1. The van der Waals surface area contributed by atoms with E-state index < -0.39 is 17.9 Å². The summed E-state index contributed by atoms with van der Waals surface area (Å²) in [5, 5.41) is 12.0. The minimum atomic E-state index is -1.44. The number of rotatable bonds is 5. The van der Waals surface area contributed by atoms with Crippen molar-refractivity contribution in [2.45, 2.75) is 13.0 Å². The van der Waals surface area contributed by atoms with E-state index >= 15 is 0 Å². The Labute approximate surface area is 110 Å². The Morgan fingerprint density at radius 2 is 2.16 bits per heavy atom. The molecular formula is C12H16N2O5. The highest BCUT2D eigenvalue weighted by Gasteiger charge is 2.24. The smallest absolute Gasteiger partial charge is 0.332 e. The van der Waals surface area contributed by atoms with Crippen LogP contribution in [0.3, 0.4) is 0 Å². The van der Waals surface area contributed by atoms with Crippen molar-refractivity contribution in [3.8, 4) is 11.5 Å². The summed E-state index contributed by atoms with van der Waals surface area (Å²) >= 11 is 0. The van der Waals surface area contributed by atoms with Crippen LogP contribution in [0.1, 0.15) is 6.92 Å². The van der Waals surface area contributed by atoms with Crippen molar-refractivity contribution in [2.24, 2.45) is 5.73 Å². The number of amides is 1. The van der Waals surface area contributed by atoms with Crippen LogP contribution in [0.4, 0.5) is 5.69 Å². The average molecular weight is 268 g/mol. The van der Waals surface area contributed by atoms with Gasteiger partial charge in [0.2, 0.25) is 0 Å². The number of ether oxygens (including phenoxy) is 2. The number of hydrogen-bond acceptors (Lipinski definition) is 6. The third kappa shape index (κ3) is 3.85. The van der Waals surface area contributed by atoms with Crippen LogP contribution < -0.4 is 15.8 Å². The summed E-state index contributed by atoms with van der Waals surface area (Å²) in [6.07, 6.45) is 0. The fraction of sp³-hybridized carbons (Fsp3) is 0.333. The molecule has 1 rings (SSSR count). The van der Waals surface area contributed by atoms with Crippen molar-refractivity contribution in [3.05, 3.63) is 18.2 Å². The van der Waals surface area contributed by atoms with Gasteiger partial charge in [0.05, 0.1) is 19.4 Å². The number of nitrogens with two attached hydrogens (primary N) is 1. The molecular weight excluding hydrogens is 252 g/mol. The molecule has 0 heterocycles. The maximum Gasteiger partial charge on any atom is 0.332 e. The zero-order valence-corrected chi connectivity index (χ0v) is 10.7. The lowest BCUT2D eigenvalue weighted by Crippen LogP contribution is -2.43. The molecule has 104 valence electrons. The predicted octanol–water partition coefficient (Wildman–Crippen LogP) is 0.230. The molecule has 1 aromatic rings. The zero-order valence-electron chi connectivity index (χ0n) is 10.7. The molecule has 0 aliphatic heterocycles. The van der Waals surface area contributed by atoms with Crippen molar-refractivity contribution in [1.29, 1.82) is 0 Å². The molecule has 4 N–H and O–H groups in total. The van der Waals surface area contributed by atoms with Gasteiger partial charge in [0, 0.05) is 6.07 Å². The lowest BCUT2D eigenvalue weighted by Gasteiger charge is -2.12. The molecule has 0 saturated heterocycles. The third-order valence-corrected chi connectivity index (χ3v) is 2.29. The number of methoxy groups -OCH3 is 1. The van der Waals surface area contributed by atoms with E-state index in [1.54, 1.807) is 13.0 Å². The zero-order chi connectivity index (χ0) is 14.4. The Morgan fingerprint density at radius 3 is 2.68 bits per heavy atom. The first kappa shape index (κ1) is 14.8. The van der Waals surface area contributed by atoms with Crippen LogP contribution in [0.15, 0.2) is 18.2 Å². The molecule has 0 spiro atoms. The van der Waals surface area contributed by atoms with Gasteiger partial charge < -0.3 is 25.6 Å². The molecule has 1 unspecified atom stereocenters. The summed E-state index contributed by atoms with van der Waals surface area (Å²) in [5.74, 6) is -1.35. The van der Waals surface area contributed by atoms with Crippen LogP contribution in [0.25, 0.3) is 0 Å². The van der Waals surface area contributed by atoms with Gasteiger partial charge in [-0.15, -0.1) is 0 Å². The van der Waals surface area contributed by atoms with E-state index in [0.717, 1.165) is 0 Å². The number of anilines is 1. The van der Waals surface area contributed by atoms with Crippen molar-refractivity contribution in [3.63, 3.8) is 0 Å². The number of nitrogens with one attached hydrogen (secondary N) is 1. The Morgan fingerprint density at radius 1 is 1.47 bits per heavy atom. The highest BCUT2D eigenvalue weighted by molar-refractivity contribution is 6.08. The van der Waals surface area contributed by atoms with E-state index in [2.05, 4.69) is 10.1 Å². The summed E-state index contributed by atoms with van der Waals surface area (Å²) < 4.78 is 9.52. The molecule has 7 heteroatoms. The summed E-state index contributed by atoms with van der Waals surface area (Å²) in [5.41, 5.74) is 5.54. The van der Waals surface area contributed by atoms with Gasteiger partial charge in [0.1, 0.15) is 11.5 Å². The molecule has 0 bridgehead atoms. The lowest BCUT2D eigenvalue weighted by atomic mass is 10.2. The van der Waals surface area contributed by atoms with Crippen LogP contribution >= 0.6 is 0 Å². The molecule has 0 aliphatic rings. The van der Waals surface area contributed by atoms with Gasteiger partial charge in [-0.25, -0.2) is 4.79 Å². The third-order valence-electron chi connectivity index (χ3n) is 2.29. The molecule has 0 radical (unpaired) electrons. The Kier molecular flexibility index (Phi) is 5.13. The average Bonchev–Trinajstić information content (AvgIpc) is 2.40. The summed E-state index contributed by atoms with van der Waals surface area (Å²) in [7, 11) is 1.45. The van der Waals surface area contributed by atoms with E-state index in [9.17, 15) is 14.7 Å². The SMILES string of the molecule is CCOC(=O)C(N)C(=O)Nc1ccc(OC)cc1O. The Bertz CT molecular complexity index is 475. The molecule has 0 aliphatic carbocycles. The minimum absolute atomic E-state index is 0.130. The number of aromatic hydroxyl groups is 1.